The van der Waals surface area contributed by atoms with E-state index in [2.05, 4.69) is 20.7 Å². The molecule has 5 N–H and O–H groups in total. The van der Waals surface area contributed by atoms with E-state index in [1.807, 2.05) is 0 Å². The van der Waals surface area contributed by atoms with Gasteiger partial charge in [-0.15, -0.1) is 0 Å². The predicted molar refractivity (Wildman–Crippen MR) is 135 cm³/mol. The number of nitrogens with one attached hydrogen (secondary N) is 3. The SMILES string of the molecule is COC(C(=O)Nc1ccc(/C=C/c2ccc(NC(=S)NC3CC3)cc2S(=O)(=O)O)cc1)S(=O)(=O)O. The molecular formula is C21H23N3O8S3. The Kier molecular flexibility index (Phi) is 8.25. The third-order valence-electron chi connectivity index (χ3n) is 4.79. The molecule has 14 heteroatoms. The maximum atomic E-state index is 12.0. The van der Waals surface area contributed by atoms with Gasteiger partial charge < -0.3 is 20.7 Å². The molecule has 0 saturated heterocycles. The second-order valence-electron chi connectivity index (χ2n) is 7.63. The van der Waals surface area contributed by atoms with Crippen LogP contribution in [0.1, 0.15) is 24.0 Å². The first kappa shape index (κ1) is 26.7. The van der Waals surface area contributed by atoms with E-state index in [0.717, 1.165) is 20.0 Å². The van der Waals surface area contributed by atoms with Gasteiger partial charge in [-0.1, -0.05) is 30.4 Å². The van der Waals surface area contributed by atoms with Crippen LogP contribution in [-0.2, 0) is 29.8 Å². The minimum absolute atomic E-state index is 0.229. The summed E-state index contributed by atoms with van der Waals surface area (Å²) in [5.74, 6) is -1.07. The summed E-state index contributed by atoms with van der Waals surface area (Å²) in [6.45, 7) is 0. The van der Waals surface area contributed by atoms with Crippen molar-refractivity contribution in [3.63, 3.8) is 0 Å². The summed E-state index contributed by atoms with van der Waals surface area (Å²) >= 11 is 5.19. The number of thiocarbonyl (C=S) groups is 1. The van der Waals surface area contributed by atoms with Gasteiger partial charge >= 0.3 is 10.1 Å². The molecule has 3 rings (SSSR count). The molecule has 1 atom stereocenters. The van der Waals surface area contributed by atoms with E-state index in [1.54, 1.807) is 24.3 Å². The lowest BCUT2D eigenvalue weighted by Gasteiger charge is -2.12. The molecule has 0 aliphatic heterocycles. The van der Waals surface area contributed by atoms with Crippen LogP contribution in [0.15, 0.2) is 47.4 Å². The monoisotopic (exact) mass is 541 g/mol. The Balaban J connectivity index is 1.73. The number of hydrogen-bond acceptors (Lipinski definition) is 7. The van der Waals surface area contributed by atoms with Crippen molar-refractivity contribution >= 4 is 67.0 Å². The van der Waals surface area contributed by atoms with Crippen LogP contribution >= 0.6 is 12.2 Å². The molecule has 35 heavy (non-hydrogen) atoms. The number of benzene rings is 2. The van der Waals surface area contributed by atoms with Crippen molar-refractivity contribution in [1.82, 2.24) is 5.32 Å². The van der Waals surface area contributed by atoms with Crippen molar-refractivity contribution in [2.24, 2.45) is 0 Å². The van der Waals surface area contributed by atoms with Crippen LogP contribution in [-0.4, -0.2) is 55.5 Å². The molecule has 1 saturated carbocycles. The van der Waals surface area contributed by atoms with Crippen molar-refractivity contribution in [1.29, 1.82) is 0 Å². The van der Waals surface area contributed by atoms with Crippen LogP contribution in [0.2, 0.25) is 0 Å². The van der Waals surface area contributed by atoms with Gasteiger partial charge in [-0.3, -0.25) is 13.9 Å². The number of methoxy groups -OCH3 is 1. The lowest BCUT2D eigenvalue weighted by molar-refractivity contribution is -0.121. The lowest BCUT2D eigenvalue weighted by atomic mass is 10.1. The highest BCUT2D eigenvalue weighted by atomic mass is 32.2. The molecule has 1 fully saturated rings. The second kappa shape index (κ2) is 10.8. The van der Waals surface area contributed by atoms with Crippen LogP contribution in [0.4, 0.5) is 11.4 Å². The van der Waals surface area contributed by atoms with E-state index in [0.29, 0.717) is 22.4 Å². The Labute approximate surface area is 208 Å². The molecule has 2 aromatic carbocycles. The molecule has 188 valence electrons. The molecule has 0 aromatic heterocycles. The highest BCUT2D eigenvalue weighted by Gasteiger charge is 2.30. The van der Waals surface area contributed by atoms with E-state index < -0.39 is 31.6 Å². The zero-order valence-electron chi connectivity index (χ0n) is 18.3. The highest BCUT2D eigenvalue weighted by Crippen LogP contribution is 2.24. The fraction of sp³-hybridized carbons (Fsp3) is 0.238. The quantitative estimate of drug-likeness (QED) is 0.179. The molecule has 0 radical (unpaired) electrons. The van der Waals surface area contributed by atoms with Crippen LogP contribution < -0.4 is 16.0 Å². The average molecular weight is 542 g/mol. The molecule has 1 aliphatic carbocycles. The highest BCUT2D eigenvalue weighted by molar-refractivity contribution is 7.87. The number of rotatable bonds is 9. The van der Waals surface area contributed by atoms with Gasteiger partial charge in [-0.05, 0) is 60.5 Å². The molecular weight excluding hydrogens is 518 g/mol. The molecule has 0 bridgehead atoms. The van der Waals surface area contributed by atoms with E-state index in [-0.39, 0.29) is 16.1 Å². The summed E-state index contributed by atoms with van der Waals surface area (Å²) in [6.07, 6.45) is 5.11. The molecule has 1 amide bonds. The van der Waals surface area contributed by atoms with Gasteiger partial charge in [-0.25, -0.2) is 0 Å². The number of ether oxygens (including phenoxy) is 1. The van der Waals surface area contributed by atoms with Crippen molar-refractivity contribution in [3.8, 4) is 0 Å². The summed E-state index contributed by atoms with van der Waals surface area (Å²) in [5.41, 5.74) is -0.598. The summed E-state index contributed by atoms with van der Waals surface area (Å²) < 4.78 is 69.4. The minimum Gasteiger partial charge on any atom is -0.360 e. The third kappa shape index (κ3) is 7.81. The van der Waals surface area contributed by atoms with Gasteiger partial charge in [0.1, 0.15) is 4.90 Å². The van der Waals surface area contributed by atoms with E-state index >= 15 is 0 Å². The molecule has 1 unspecified atom stereocenters. The number of carbonyl (C=O) groups excluding carboxylic acids is 1. The largest absolute Gasteiger partial charge is 0.360 e. The average Bonchev–Trinajstić information content (AvgIpc) is 3.56. The number of amides is 1. The van der Waals surface area contributed by atoms with E-state index in [1.165, 1.54) is 30.3 Å². The number of anilines is 2. The Morgan fingerprint density at radius 1 is 1.03 bits per heavy atom. The topological polar surface area (TPSA) is 171 Å². The maximum absolute atomic E-state index is 12.0. The Bertz CT molecular complexity index is 1350. The Morgan fingerprint density at radius 3 is 2.20 bits per heavy atom. The summed E-state index contributed by atoms with van der Waals surface area (Å²) in [6, 6.07) is 10.8. The smallest absolute Gasteiger partial charge is 0.301 e. The van der Waals surface area contributed by atoms with Gasteiger partial charge in [0.15, 0.2) is 5.11 Å². The maximum Gasteiger partial charge on any atom is 0.301 e. The molecule has 1 aliphatic rings. The second-order valence-corrected chi connectivity index (χ2v) is 10.9. The predicted octanol–water partition coefficient (Wildman–Crippen LogP) is 2.35. The fourth-order valence-electron chi connectivity index (χ4n) is 2.98. The van der Waals surface area contributed by atoms with Gasteiger partial charge in [0.2, 0.25) is 0 Å². The first-order valence-corrected chi connectivity index (χ1v) is 13.5. The van der Waals surface area contributed by atoms with E-state index in [9.17, 15) is 26.2 Å². The van der Waals surface area contributed by atoms with Crippen molar-refractivity contribution in [2.75, 3.05) is 17.7 Å². The van der Waals surface area contributed by atoms with Crippen molar-refractivity contribution in [2.45, 2.75) is 29.2 Å². The number of hydrogen-bond donors (Lipinski definition) is 5. The van der Waals surface area contributed by atoms with Crippen LogP contribution in [0.25, 0.3) is 12.2 Å². The van der Waals surface area contributed by atoms with Crippen LogP contribution in [0.5, 0.6) is 0 Å². The van der Waals surface area contributed by atoms with Crippen LogP contribution in [0, 0.1) is 0 Å². The molecule has 0 heterocycles. The first-order chi connectivity index (χ1) is 16.4. The van der Waals surface area contributed by atoms with Gasteiger partial charge in [0, 0.05) is 24.5 Å². The van der Waals surface area contributed by atoms with Crippen LogP contribution in [0.3, 0.4) is 0 Å². The molecule has 0 spiro atoms. The van der Waals surface area contributed by atoms with Gasteiger partial charge in [0.25, 0.3) is 21.5 Å². The zero-order chi connectivity index (χ0) is 25.8. The zero-order valence-corrected chi connectivity index (χ0v) is 20.8. The number of carbonyl (C=O) groups is 1. The molecule has 11 nitrogen and oxygen atoms in total. The van der Waals surface area contributed by atoms with Gasteiger partial charge in [-0.2, -0.15) is 16.8 Å². The van der Waals surface area contributed by atoms with Crippen molar-refractivity contribution in [3.05, 3.63) is 53.6 Å². The first-order valence-electron chi connectivity index (χ1n) is 10.1. The molecule has 2 aromatic rings. The summed E-state index contributed by atoms with van der Waals surface area (Å²) in [7, 11) is -8.31. The normalized spacial score (nSPS) is 14.9. The van der Waals surface area contributed by atoms with Crippen molar-refractivity contribution < 1.29 is 35.5 Å². The third-order valence-corrected chi connectivity index (χ3v) is 6.87. The Hall–Kier alpha value is -2.88. The summed E-state index contributed by atoms with van der Waals surface area (Å²) in [4.78, 5) is 11.7. The van der Waals surface area contributed by atoms with E-state index in [4.69, 9.17) is 16.8 Å². The lowest BCUT2D eigenvalue weighted by Crippen LogP contribution is -2.36. The standard InChI is InChI=1S/C21H23N3O8S3/c1-32-20(35(29,30)31)19(25)22-15-7-3-13(4-8-15)2-5-14-6-9-17(12-18(14)34(26,27)28)24-21(33)23-16-10-11-16/h2-9,12,16,20H,10-11H2,1H3,(H,22,25)(H2,23,24,33)(H,26,27,28)(H,29,30,31)/b5-2+. The van der Waals surface area contributed by atoms with Gasteiger partial charge in [0.05, 0.1) is 0 Å². The minimum atomic E-state index is -4.74. The summed E-state index contributed by atoms with van der Waals surface area (Å²) in [5, 5.41) is 8.63. The fourth-order valence-corrected chi connectivity index (χ4v) is 4.55. The Morgan fingerprint density at radius 2 is 1.66 bits per heavy atom.